The maximum atomic E-state index is 12.9. The van der Waals surface area contributed by atoms with Gasteiger partial charge in [0.1, 0.15) is 6.33 Å². The van der Waals surface area contributed by atoms with E-state index in [1.165, 1.54) is 0 Å². The van der Waals surface area contributed by atoms with E-state index in [4.69, 9.17) is 4.52 Å². The first-order valence-corrected chi connectivity index (χ1v) is 8.07. The van der Waals surface area contributed by atoms with Crippen LogP contribution >= 0.6 is 0 Å². The lowest BCUT2D eigenvalue weighted by Gasteiger charge is -2.22. The minimum absolute atomic E-state index is 0.0380. The summed E-state index contributed by atoms with van der Waals surface area (Å²) in [6, 6.07) is 3.43. The first-order valence-electron chi connectivity index (χ1n) is 8.07. The predicted molar refractivity (Wildman–Crippen MR) is 84.4 cm³/mol. The molecule has 4 rings (SSSR count). The van der Waals surface area contributed by atoms with Crippen LogP contribution in [0.4, 0.5) is 0 Å². The molecule has 124 valence electrons. The van der Waals surface area contributed by atoms with Crippen LogP contribution in [0.5, 0.6) is 0 Å². The van der Waals surface area contributed by atoms with Crippen molar-refractivity contribution in [3.05, 3.63) is 41.9 Å². The van der Waals surface area contributed by atoms with Crippen molar-refractivity contribution in [2.75, 3.05) is 6.54 Å². The van der Waals surface area contributed by atoms with Crippen LogP contribution in [0.1, 0.15) is 60.7 Å². The Kier molecular flexibility index (Phi) is 3.51. The van der Waals surface area contributed by atoms with Gasteiger partial charge in [0.05, 0.1) is 11.6 Å². The Balaban J connectivity index is 1.62. The van der Waals surface area contributed by atoms with Crippen molar-refractivity contribution in [2.24, 2.45) is 0 Å². The number of aromatic nitrogens is 5. The van der Waals surface area contributed by atoms with Gasteiger partial charge in [0.15, 0.2) is 11.5 Å². The molecule has 1 atom stereocenters. The van der Waals surface area contributed by atoms with E-state index in [9.17, 15) is 4.79 Å². The van der Waals surface area contributed by atoms with E-state index in [1.807, 2.05) is 18.7 Å². The third kappa shape index (κ3) is 2.44. The van der Waals surface area contributed by atoms with E-state index in [0.717, 1.165) is 12.8 Å². The summed E-state index contributed by atoms with van der Waals surface area (Å²) in [6.45, 7) is 4.70. The summed E-state index contributed by atoms with van der Waals surface area (Å²) in [7, 11) is 0. The second-order valence-electron chi connectivity index (χ2n) is 6.32. The summed E-state index contributed by atoms with van der Waals surface area (Å²) in [6.07, 6.45) is 5.11. The Morgan fingerprint density at radius 3 is 3.04 bits per heavy atom. The Morgan fingerprint density at radius 1 is 1.38 bits per heavy atom. The third-order valence-electron chi connectivity index (χ3n) is 4.30. The topological polar surface area (TPSA) is 89.4 Å². The number of likely N-dealkylation sites (tertiary alicyclic amines) is 1. The number of rotatable bonds is 3. The molecule has 0 bridgehead atoms. The number of hydrogen-bond donors (Lipinski definition) is 0. The van der Waals surface area contributed by atoms with Gasteiger partial charge in [0.25, 0.3) is 5.91 Å². The van der Waals surface area contributed by atoms with E-state index < -0.39 is 0 Å². The fourth-order valence-electron chi connectivity index (χ4n) is 3.02. The maximum absolute atomic E-state index is 12.9. The van der Waals surface area contributed by atoms with Crippen LogP contribution in [0.2, 0.25) is 0 Å². The lowest BCUT2D eigenvalue weighted by Crippen LogP contribution is -2.31. The summed E-state index contributed by atoms with van der Waals surface area (Å²) in [5, 5.41) is 11.9. The molecule has 8 heteroatoms. The maximum Gasteiger partial charge on any atom is 0.255 e. The summed E-state index contributed by atoms with van der Waals surface area (Å²) >= 11 is 0. The SMILES string of the molecule is CC(C)c1nc([C@H]2CCCN2C(=O)c2ccc3nncn3c2)no1. The zero-order valence-corrected chi connectivity index (χ0v) is 13.6. The minimum atomic E-state index is -0.134. The molecule has 0 aliphatic carbocycles. The number of hydrogen-bond acceptors (Lipinski definition) is 6. The van der Waals surface area contributed by atoms with Crippen molar-refractivity contribution in [3.63, 3.8) is 0 Å². The van der Waals surface area contributed by atoms with Crippen LogP contribution in [0, 0.1) is 0 Å². The fourth-order valence-corrected chi connectivity index (χ4v) is 3.02. The molecule has 3 aromatic heterocycles. The molecule has 0 spiro atoms. The van der Waals surface area contributed by atoms with E-state index in [2.05, 4.69) is 20.3 Å². The van der Waals surface area contributed by atoms with Gasteiger partial charge in [-0.2, -0.15) is 4.98 Å². The van der Waals surface area contributed by atoms with Crippen LogP contribution in [0.25, 0.3) is 5.65 Å². The molecular weight excluding hydrogens is 308 g/mol. The molecule has 0 radical (unpaired) electrons. The molecule has 1 aliphatic rings. The molecule has 24 heavy (non-hydrogen) atoms. The smallest absolute Gasteiger partial charge is 0.255 e. The second-order valence-corrected chi connectivity index (χ2v) is 6.32. The Hall–Kier alpha value is -2.77. The van der Waals surface area contributed by atoms with Gasteiger partial charge in [0.2, 0.25) is 5.89 Å². The quantitative estimate of drug-likeness (QED) is 0.733. The van der Waals surface area contributed by atoms with Crippen molar-refractivity contribution in [2.45, 2.75) is 38.6 Å². The molecule has 1 amide bonds. The molecule has 0 N–H and O–H groups in total. The van der Waals surface area contributed by atoms with Crippen LogP contribution in [0.15, 0.2) is 29.2 Å². The molecule has 8 nitrogen and oxygen atoms in total. The molecule has 0 aromatic carbocycles. The van der Waals surface area contributed by atoms with Gasteiger partial charge >= 0.3 is 0 Å². The van der Waals surface area contributed by atoms with Gasteiger partial charge in [-0.15, -0.1) is 10.2 Å². The van der Waals surface area contributed by atoms with Crippen LogP contribution < -0.4 is 0 Å². The number of carbonyl (C=O) groups excluding carboxylic acids is 1. The number of fused-ring (bicyclic) bond motifs is 1. The highest BCUT2D eigenvalue weighted by atomic mass is 16.5. The third-order valence-corrected chi connectivity index (χ3v) is 4.30. The zero-order chi connectivity index (χ0) is 16.7. The van der Waals surface area contributed by atoms with Gasteiger partial charge in [-0.3, -0.25) is 9.20 Å². The summed E-state index contributed by atoms with van der Waals surface area (Å²) in [4.78, 5) is 19.2. The summed E-state index contributed by atoms with van der Waals surface area (Å²) in [5.74, 6) is 1.34. The molecule has 0 saturated carbocycles. The number of pyridine rings is 1. The van der Waals surface area contributed by atoms with E-state index >= 15 is 0 Å². The van der Waals surface area contributed by atoms with E-state index in [-0.39, 0.29) is 17.9 Å². The molecule has 1 saturated heterocycles. The van der Waals surface area contributed by atoms with Crippen LogP contribution in [-0.4, -0.2) is 42.1 Å². The van der Waals surface area contributed by atoms with Gasteiger partial charge in [-0.1, -0.05) is 19.0 Å². The highest BCUT2D eigenvalue weighted by Gasteiger charge is 2.34. The van der Waals surface area contributed by atoms with Crippen LogP contribution in [0.3, 0.4) is 0 Å². The highest BCUT2D eigenvalue weighted by Crippen LogP contribution is 2.32. The molecule has 4 heterocycles. The second kappa shape index (κ2) is 5.70. The first-order chi connectivity index (χ1) is 11.6. The number of amides is 1. The van der Waals surface area contributed by atoms with Gasteiger partial charge in [-0.05, 0) is 25.0 Å². The average molecular weight is 326 g/mol. The largest absolute Gasteiger partial charge is 0.339 e. The normalized spacial score (nSPS) is 18.0. The molecule has 1 fully saturated rings. The minimum Gasteiger partial charge on any atom is -0.339 e. The van der Waals surface area contributed by atoms with Crippen molar-refractivity contribution >= 4 is 11.6 Å². The van der Waals surface area contributed by atoms with Gasteiger partial charge < -0.3 is 9.42 Å². The Bertz CT molecular complexity index is 883. The molecular formula is C16H18N6O2. The lowest BCUT2D eigenvalue weighted by atomic mass is 10.2. The van der Waals surface area contributed by atoms with Crippen molar-refractivity contribution in [1.29, 1.82) is 0 Å². The average Bonchev–Trinajstić information content (AvgIpc) is 3.31. The number of nitrogens with zero attached hydrogens (tertiary/aromatic N) is 6. The first kappa shape index (κ1) is 14.8. The highest BCUT2D eigenvalue weighted by molar-refractivity contribution is 5.94. The Morgan fingerprint density at radius 2 is 2.25 bits per heavy atom. The fraction of sp³-hybridized carbons (Fsp3) is 0.438. The van der Waals surface area contributed by atoms with Crippen molar-refractivity contribution in [1.82, 2.24) is 29.6 Å². The summed E-state index contributed by atoms with van der Waals surface area (Å²) in [5.41, 5.74) is 1.31. The molecule has 3 aromatic rings. The summed E-state index contributed by atoms with van der Waals surface area (Å²) < 4.78 is 7.04. The molecule has 1 aliphatic heterocycles. The Labute approximate surface area is 138 Å². The molecule has 0 unspecified atom stereocenters. The van der Waals surface area contributed by atoms with Gasteiger partial charge in [0, 0.05) is 18.7 Å². The lowest BCUT2D eigenvalue weighted by molar-refractivity contribution is 0.0728. The van der Waals surface area contributed by atoms with Crippen molar-refractivity contribution < 1.29 is 9.32 Å². The predicted octanol–water partition coefficient (Wildman–Crippen LogP) is 2.21. The van der Waals surface area contributed by atoms with Gasteiger partial charge in [-0.25, -0.2) is 0 Å². The zero-order valence-electron chi connectivity index (χ0n) is 13.6. The number of carbonyl (C=O) groups is 1. The standard InChI is InChI=1S/C16H18N6O2/c1-10(2)15-18-14(20-24-15)12-4-3-7-22(12)16(23)11-5-6-13-19-17-9-21(13)8-11/h5-6,8-10,12H,3-4,7H2,1-2H3/t12-/m1/s1. The van der Waals surface area contributed by atoms with E-state index in [0.29, 0.717) is 29.5 Å². The van der Waals surface area contributed by atoms with Crippen molar-refractivity contribution in [3.8, 4) is 0 Å². The van der Waals surface area contributed by atoms with E-state index in [1.54, 1.807) is 29.1 Å². The monoisotopic (exact) mass is 326 g/mol. The van der Waals surface area contributed by atoms with Crippen LogP contribution in [-0.2, 0) is 0 Å².